The van der Waals surface area contributed by atoms with Gasteiger partial charge in [0.05, 0.1) is 5.75 Å². The summed E-state index contributed by atoms with van der Waals surface area (Å²) in [6, 6.07) is 7.84. The quantitative estimate of drug-likeness (QED) is 0.790. The molecule has 0 unspecified atom stereocenters. The minimum Gasteiger partial charge on any atom is -0.351 e. The van der Waals surface area contributed by atoms with E-state index in [0.29, 0.717) is 24.7 Å². The molecule has 0 radical (unpaired) electrons. The van der Waals surface area contributed by atoms with E-state index >= 15 is 0 Å². The zero-order valence-corrected chi connectivity index (χ0v) is 15.1. The maximum atomic E-state index is 12.3. The van der Waals surface area contributed by atoms with E-state index < -0.39 is 16.0 Å². The van der Waals surface area contributed by atoms with Crippen LogP contribution in [0.3, 0.4) is 0 Å². The molecule has 1 amide bonds. The van der Waals surface area contributed by atoms with Crippen molar-refractivity contribution in [3.8, 4) is 0 Å². The minimum atomic E-state index is -1.40. The Labute approximate surface area is 144 Å². The van der Waals surface area contributed by atoms with Gasteiger partial charge < -0.3 is 9.84 Å². The third-order valence-electron chi connectivity index (χ3n) is 3.72. The van der Waals surface area contributed by atoms with Crippen LogP contribution in [0.25, 0.3) is 0 Å². The van der Waals surface area contributed by atoms with E-state index in [1.807, 2.05) is 38.1 Å². The highest BCUT2D eigenvalue weighted by atomic mass is 32.2. The van der Waals surface area contributed by atoms with Gasteiger partial charge in [0.15, 0.2) is 5.82 Å². The standard InChI is InChI=1S/C17H23N3O3S/c1-4-7-16-19-15(20-23-16)11-24(22)13(3)17(21)18-10-14-9-6-5-8-12(14)2/h5-6,8-9,13H,4,7,10-11H2,1-3H3,(H,18,21)/t13-,24-/m0/s1. The Balaban J connectivity index is 1.87. The lowest BCUT2D eigenvalue weighted by Gasteiger charge is -2.12. The number of hydrogen-bond acceptors (Lipinski definition) is 5. The summed E-state index contributed by atoms with van der Waals surface area (Å²) in [7, 11) is -1.40. The van der Waals surface area contributed by atoms with Crippen molar-refractivity contribution in [2.24, 2.45) is 0 Å². The molecule has 0 aliphatic heterocycles. The number of amides is 1. The highest BCUT2D eigenvalue weighted by Crippen LogP contribution is 2.09. The van der Waals surface area contributed by atoms with E-state index in [0.717, 1.165) is 17.5 Å². The van der Waals surface area contributed by atoms with Crippen molar-refractivity contribution in [3.05, 3.63) is 47.1 Å². The predicted octanol–water partition coefficient (Wildman–Crippen LogP) is 2.28. The maximum absolute atomic E-state index is 12.3. The molecule has 1 aromatic carbocycles. The first kappa shape index (κ1) is 18.3. The molecule has 0 bridgehead atoms. The van der Waals surface area contributed by atoms with E-state index in [1.54, 1.807) is 6.92 Å². The zero-order valence-electron chi connectivity index (χ0n) is 14.2. The van der Waals surface area contributed by atoms with Crippen molar-refractivity contribution in [3.63, 3.8) is 0 Å². The number of benzene rings is 1. The van der Waals surface area contributed by atoms with Crippen LogP contribution >= 0.6 is 0 Å². The fourth-order valence-corrected chi connectivity index (χ4v) is 3.11. The number of nitrogens with one attached hydrogen (secondary N) is 1. The average molecular weight is 349 g/mol. The van der Waals surface area contributed by atoms with Crippen molar-refractivity contribution >= 4 is 16.7 Å². The van der Waals surface area contributed by atoms with E-state index in [4.69, 9.17) is 4.52 Å². The second-order valence-electron chi connectivity index (χ2n) is 5.67. The molecule has 24 heavy (non-hydrogen) atoms. The van der Waals surface area contributed by atoms with Gasteiger partial charge in [0.25, 0.3) is 0 Å². The zero-order chi connectivity index (χ0) is 17.5. The van der Waals surface area contributed by atoms with E-state index in [-0.39, 0.29) is 11.7 Å². The summed E-state index contributed by atoms with van der Waals surface area (Å²) in [5.74, 6) is 0.803. The summed E-state index contributed by atoms with van der Waals surface area (Å²) in [5.41, 5.74) is 2.16. The van der Waals surface area contributed by atoms with Crippen LogP contribution in [0.4, 0.5) is 0 Å². The molecule has 0 saturated heterocycles. The van der Waals surface area contributed by atoms with Gasteiger partial charge in [-0.1, -0.05) is 36.3 Å². The summed E-state index contributed by atoms with van der Waals surface area (Å²) < 4.78 is 17.4. The number of carbonyl (C=O) groups is 1. The molecule has 0 spiro atoms. The lowest BCUT2D eigenvalue weighted by Crippen LogP contribution is -2.35. The molecule has 1 heterocycles. The Hall–Kier alpha value is -2.02. The third-order valence-corrected chi connectivity index (χ3v) is 5.27. The van der Waals surface area contributed by atoms with E-state index in [2.05, 4.69) is 15.5 Å². The van der Waals surface area contributed by atoms with Crippen molar-refractivity contribution in [1.29, 1.82) is 0 Å². The summed E-state index contributed by atoms with van der Waals surface area (Å²) in [6.07, 6.45) is 1.61. The molecule has 130 valence electrons. The van der Waals surface area contributed by atoms with E-state index in [1.165, 1.54) is 0 Å². The largest absolute Gasteiger partial charge is 0.351 e. The topological polar surface area (TPSA) is 85.1 Å². The highest BCUT2D eigenvalue weighted by Gasteiger charge is 2.22. The Morgan fingerprint density at radius 3 is 2.83 bits per heavy atom. The highest BCUT2D eigenvalue weighted by molar-refractivity contribution is 7.85. The molecule has 0 fully saturated rings. The van der Waals surface area contributed by atoms with Gasteiger partial charge in [-0.15, -0.1) is 0 Å². The van der Waals surface area contributed by atoms with Crippen molar-refractivity contribution in [2.75, 3.05) is 0 Å². The summed E-state index contributed by atoms with van der Waals surface area (Å²) in [6.45, 7) is 6.09. The normalized spacial score (nSPS) is 13.5. The predicted molar refractivity (Wildman–Crippen MR) is 92.6 cm³/mol. The molecule has 1 aromatic heterocycles. The van der Waals surface area contributed by atoms with Crippen LogP contribution < -0.4 is 5.32 Å². The van der Waals surface area contributed by atoms with Crippen LogP contribution in [-0.2, 0) is 34.3 Å². The Morgan fingerprint density at radius 2 is 2.12 bits per heavy atom. The van der Waals surface area contributed by atoms with Gasteiger partial charge in [-0.2, -0.15) is 4.98 Å². The van der Waals surface area contributed by atoms with Gasteiger partial charge in [0.2, 0.25) is 11.8 Å². The molecule has 7 heteroatoms. The number of aromatic nitrogens is 2. The van der Waals surface area contributed by atoms with Crippen LogP contribution in [0.1, 0.15) is 43.1 Å². The third kappa shape index (κ3) is 4.99. The molecule has 1 N–H and O–H groups in total. The van der Waals surface area contributed by atoms with Crippen LogP contribution in [0, 0.1) is 6.92 Å². The number of rotatable bonds is 8. The number of nitrogens with zero attached hydrogens (tertiary/aromatic N) is 2. The summed E-state index contributed by atoms with van der Waals surface area (Å²) in [5, 5.41) is 6.01. The van der Waals surface area contributed by atoms with Gasteiger partial charge >= 0.3 is 0 Å². The van der Waals surface area contributed by atoms with Gasteiger partial charge in [-0.25, -0.2) is 0 Å². The average Bonchev–Trinajstić information content (AvgIpc) is 3.00. The first-order chi connectivity index (χ1) is 11.5. The molecule has 0 aliphatic carbocycles. The molecular weight excluding hydrogens is 326 g/mol. The van der Waals surface area contributed by atoms with Crippen LogP contribution in [0.2, 0.25) is 0 Å². The van der Waals surface area contributed by atoms with Crippen LogP contribution in [0.5, 0.6) is 0 Å². The van der Waals surface area contributed by atoms with Gasteiger partial charge in [-0.05, 0) is 31.4 Å². The summed E-state index contributed by atoms with van der Waals surface area (Å²) in [4.78, 5) is 16.4. The SMILES string of the molecule is CCCc1nc(C[S@](=O)[C@@H](C)C(=O)NCc2ccccc2C)no1. The van der Waals surface area contributed by atoms with Crippen molar-refractivity contribution in [2.45, 2.75) is 51.2 Å². The molecule has 2 atom stereocenters. The smallest absolute Gasteiger partial charge is 0.235 e. The number of hydrogen-bond donors (Lipinski definition) is 1. The molecular formula is C17H23N3O3S. The van der Waals surface area contributed by atoms with Crippen molar-refractivity contribution in [1.82, 2.24) is 15.5 Å². The molecule has 2 rings (SSSR count). The maximum Gasteiger partial charge on any atom is 0.235 e. The van der Waals surface area contributed by atoms with E-state index in [9.17, 15) is 9.00 Å². The Bertz CT molecular complexity index is 715. The second kappa shape index (κ2) is 8.73. The van der Waals surface area contributed by atoms with Crippen LogP contribution in [0.15, 0.2) is 28.8 Å². The monoisotopic (exact) mass is 349 g/mol. The summed E-state index contributed by atoms with van der Waals surface area (Å²) >= 11 is 0. The Kier molecular flexibility index (Phi) is 6.66. The molecule has 2 aromatic rings. The fraction of sp³-hybridized carbons (Fsp3) is 0.471. The number of aryl methyl sites for hydroxylation is 2. The van der Waals surface area contributed by atoms with Crippen LogP contribution in [-0.4, -0.2) is 25.5 Å². The lowest BCUT2D eigenvalue weighted by molar-refractivity contribution is -0.120. The fourth-order valence-electron chi connectivity index (χ4n) is 2.17. The van der Waals surface area contributed by atoms with Gasteiger partial charge in [0.1, 0.15) is 5.25 Å². The van der Waals surface area contributed by atoms with Gasteiger partial charge in [-0.3, -0.25) is 9.00 Å². The van der Waals surface area contributed by atoms with Crippen molar-refractivity contribution < 1.29 is 13.5 Å². The molecule has 0 saturated carbocycles. The lowest BCUT2D eigenvalue weighted by atomic mass is 10.1. The minimum absolute atomic E-state index is 0.117. The Morgan fingerprint density at radius 1 is 1.38 bits per heavy atom. The molecule has 0 aliphatic rings. The first-order valence-corrected chi connectivity index (χ1v) is 9.40. The second-order valence-corrected chi connectivity index (χ2v) is 7.42. The molecule has 6 nitrogen and oxygen atoms in total. The first-order valence-electron chi connectivity index (χ1n) is 8.02. The van der Waals surface area contributed by atoms with Gasteiger partial charge in [0, 0.05) is 23.8 Å². The number of carbonyl (C=O) groups excluding carboxylic acids is 1.